The Kier molecular flexibility index (Phi) is 13.4. The minimum Gasteiger partial charge on any atom is -0.465 e. The van der Waals surface area contributed by atoms with Gasteiger partial charge in [0.1, 0.15) is 5.75 Å². The zero-order valence-corrected chi connectivity index (χ0v) is 19.8. The van der Waals surface area contributed by atoms with E-state index in [4.69, 9.17) is 4.74 Å². The van der Waals surface area contributed by atoms with Gasteiger partial charge in [0.2, 0.25) is 0 Å². The van der Waals surface area contributed by atoms with E-state index in [1.165, 1.54) is 82.6 Å². The van der Waals surface area contributed by atoms with Gasteiger partial charge in [-0.15, -0.1) is 0 Å². The Morgan fingerprint density at radius 3 is 1.94 bits per heavy atom. The van der Waals surface area contributed by atoms with E-state index in [2.05, 4.69) is 29.9 Å². The molecule has 0 saturated carbocycles. The predicted octanol–water partition coefficient (Wildman–Crippen LogP) is 8.69. The molecule has 0 bridgehead atoms. The number of aromatic nitrogens is 2. The number of ether oxygens (including phenoxy) is 1. The first-order valence-electron chi connectivity index (χ1n) is 12.6. The van der Waals surface area contributed by atoms with Gasteiger partial charge in [-0.3, -0.25) is 0 Å². The molecule has 2 rings (SSSR count). The molecule has 0 aliphatic carbocycles. The Morgan fingerprint density at radius 2 is 1.29 bits per heavy atom. The molecule has 0 unspecified atom stereocenters. The maximum atomic E-state index is 5.73. The molecule has 0 radical (unpaired) electrons. The summed E-state index contributed by atoms with van der Waals surface area (Å²) in [6, 6.07) is 8.02. The van der Waals surface area contributed by atoms with Crippen LogP contribution in [0.2, 0.25) is 0 Å². The van der Waals surface area contributed by atoms with Crippen molar-refractivity contribution in [2.75, 3.05) is 0 Å². The second kappa shape index (κ2) is 16.5. The minimum atomic E-state index is 0.774. The lowest BCUT2D eigenvalue weighted by Crippen LogP contribution is -1.93. The highest BCUT2D eigenvalue weighted by Gasteiger charge is 2.02. The molecule has 1 heterocycles. The SMILES string of the molecule is CCCCCCCCCC=COc1ccc(-c2ncc(CCCCCCC)cn2)cc1. The second-order valence-electron chi connectivity index (χ2n) is 8.50. The smallest absolute Gasteiger partial charge is 0.159 e. The summed E-state index contributed by atoms with van der Waals surface area (Å²) in [5.41, 5.74) is 2.25. The minimum absolute atomic E-state index is 0.774. The largest absolute Gasteiger partial charge is 0.465 e. The van der Waals surface area contributed by atoms with E-state index in [0.717, 1.165) is 30.0 Å². The number of hydrogen-bond donors (Lipinski definition) is 0. The Hall–Kier alpha value is -2.16. The third-order valence-electron chi connectivity index (χ3n) is 5.66. The molecule has 3 nitrogen and oxygen atoms in total. The van der Waals surface area contributed by atoms with Crippen LogP contribution in [0.15, 0.2) is 49.0 Å². The van der Waals surface area contributed by atoms with E-state index >= 15 is 0 Å². The summed E-state index contributed by atoms with van der Waals surface area (Å²) in [4.78, 5) is 9.11. The van der Waals surface area contributed by atoms with Crippen LogP contribution in [0.4, 0.5) is 0 Å². The van der Waals surface area contributed by atoms with Crippen LogP contribution >= 0.6 is 0 Å². The molecule has 0 N–H and O–H groups in total. The fraction of sp³-hybridized carbons (Fsp3) is 0.571. The molecule has 31 heavy (non-hydrogen) atoms. The summed E-state index contributed by atoms with van der Waals surface area (Å²) in [7, 11) is 0. The van der Waals surface area contributed by atoms with Crippen molar-refractivity contribution in [1.29, 1.82) is 0 Å². The maximum Gasteiger partial charge on any atom is 0.159 e. The number of nitrogens with zero attached hydrogens (tertiary/aromatic N) is 2. The van der Waals surface area contributed by atoms with Crippen LogP contribution < -0.4 is 4.74 Å². The van der Waals surface area contributed by atoms with Crippen molar-refractivity contribution < 1.29 is 4.74 Å². The highest BCUT2D eigenvalue weighted by molar-refractivity contribution is 5.55. The summed E-state index contributed by atoms with van der Waals surface area (Å²) < 4.78 is 5.73. The van der Waals surface area contributed by atoms with Crippen LogP contribution in [0.25, 0.3) is 11.4 Å². The van der Waals surface area contributed by atoms with Crippen LogP contribution in [-0.2, 0) is 6.42 Å². The monoisotopic (exact) mass is 422 g/mol. The summed E-state index contributed by atoms with van der Waals surface area (Å²) in [5, 5.41) is 0. The van der Waals surface area contributed by atoms with Crippen molar-refractivity contribution in [1.82, 2.24) is 9.97 Å². The first-order valence-corrected chi connectivity index (χ1v) is 12.6. The highest BCUT2D eigenvalue weighted by Crippen LogP contribution is 2.20. The van der Waals surface area contributed by atoms with Gasteiger partial charge in [0.05, 0.1) is 6.26 Å². The summed E-state index contributed by atoms with van der Waals surface area (Å²) in [5.74, 6) is 1.62. The van der Waals surface area contributed by atoms with Crippen LogP contribution in [0, 0.1) is 0 Å². The van der Waals surface area contributed by atoms with Crippen molar-refractivity contribution in [2.24, 2.45) is 0 Å². The molecule has 0 fully saturated rings. The lowest BCUT2D eigenvalue weighted by Gasteiger charge is -2.05. The van der Waals surface area contributed by atoms with E-state index in [9.17, 15) is 0 Å². The number of benzene rings is 1. The number of unbranched alkanes of at least 4 members (excludes halogenated alkanes) is 11. The van der Waals surface area contributed by atoms with E-state index in [-0.39, 0.29) is 0 Å². The zero-order chi connectivity index (χ0) is 22.0. The first kappa shape index (κ1) is 25.1. The van der Waals surface area contributed by atoms with Gasteiger partial charge in [0.15, 0.2) is 5.82 Å². The first-order chi connectivity index (χ1) is 15.3. The van der Waals surface area contributed by atoms with E-state index in [1.54, 1.807) is 0 Å². The molecule has 0 spiro atoms. The Bertz CT molecular complexity index is 707. The van der Waals surface area contributed by atoms with Crippen LogP contribution in [0.5, 0.6) is 5.75 Å². The number of allylic oxidation sites excluding steroid dienone is 1. The lowest BCUT2D eigenvalue weighted by molar-refractivity contribution is 0.477. The molecule has 3 heteroatoms. The van der Waals surface area contributed by atoms with Gasteiger partial charge in [-0.25, -0.2) is 9.97 Å². The summed E-state index contributed by atoms with van der Waals surface area (Å²) in [6.45, 7) is 4.51. The molecule has 0 saturated heterocycles. The van der Waals surface area contributed by atoms with Crippen LogP contribution in [-0.4, -0.2) is 9.97 Å². The topological polar surface area (TPSA) is 35.0 Å². The van der Waals surface area contributed by atoms with Gasteiger partial charge < -0.3 is 4.74 Å². The fourth-order valence-corrected chi connectivity index (χ4v) is 3.66. The van der Waals surface area contributed by atoms with Crippen molar-refractivity contribution in [3.8, 4) is 17.1 Å². The lowest BCUT2D eigenvalue weighted by atomic mass is 10.1. The van der Waals surface area contributed by atoms with Gasteiger partial charge in [-0.05, 0) is 61.6 Å². The molecule has 1 aromatic heterocycles. The van der Waals surface area contributed by atoms with Crippen molar-refractivity contribution in [3.63, 3.8) is 0 Å². The van der Waals surface area contributed by atoms with Crippen LogP contribution in [0.1, 0.15) is 103 Å². The number of rotatable bonds is 17. The molecule has 0 aliphatic rings. The summed E-state index contributed by atoms with van der Waals surface area (Å²) >= 11 is 0. The molecule has 0 amide bonds. The molecule has 0 aliphatic heterocycles. The van der Waals surface area contributed by atoms with E-state index in [0.29, 0.717) is 0 Å². The van der Waals surface area contributed by atoms with Crippen molar-refractivity contribution in [3.05, 3.63) is 54.6 Å². The normalized spacial score (nSPS) is 11.3. The van der Waals surface area contributed by atoms with Gasteiger partial charge >= 0.3 is 0 Å². The Balaban J connectivity index is 1.65. The summed E-state index contributed by atoms with van der Waals surface area (Å²) in [6.07, 6.45) is 25.9. The van der Waals surface area contributed by atoms with Gasteiger partial charge in [-0.2, -0.15) is 0 Å². The van der Waals surface area contributed by atoms with Gasteiger partial charge in [0.25, 0.3) is 0 Å². The van der Waals surface area contributed by atoms with Crippen molar-refractivity contribution in [2.45, 2.75) is 104 Å². The molecule has 0 atom stereocenters. The predicted molar refractivity (Wildman–Crippen MR) is 132 cm³/mol. The van der Waals surface area contributed by atoms with E-state index < -0.39 is 0 Å². The molecule has 1 aromatic carbocycles. The van der Waals surface area contributed by atoms with Crippen molar-refractivity contribution >= 4 is 0 Å². The van der Waals surface area contributed by atoms with Crippen LogP contribution in [0.3, 0.4) is 0 Å². The molecule has 170 valence electrons. The van der Waals surface area contributed by atoms with Gasteiger partial charge in [0, 0.05) is 18.0 Å². The third-order valence-corrected chi connectivity index (χ3v) is 5.66. The third kappa shape index (κ3) is 11.1. The zero-order valence-electron chi connectivity index (χ0n) is 19.8. The maximum absolute atomic E-state index is 5.73. The highest BCUT2D eigenvalue weighted by atomic mass is 16.5. The van der Waals surface area contributed by atoms with E-state index in [1.807, 2.05) is 42.9 Å². The quantitative estimate of drug-likeness (QED) is 0.189. The Morgan fingerprint density at radius 1 is 0.710 bits per heavy atom. The molecule has 2 aromatic rings. The Labute approximate surface area is 190 Å². The van der Waals surface area contributed by atoms with Gasteiger partial charge in [-0.1, -0.05) is 78.1 Å². The second-order valence-corrected chi connectivity index (χ2v) is 8.50. The fourth-order valence-electron chi connectivity index (χ4n) is 3.66. The number of aryl methyl sites for hydroxylation is 1. The average Bonchev–Trinajstić information content (AvgIpc) is 2.81. The average molecular weight is 423 g/mol. The molecular formula is C28H42N2O. The number of hydrogen-bond acceptors (Lipinski definition) is 3. The standard InChI is InChI=1S/C28H42N2O/c1-3-5-7-9-10-11-12-14-16-22-31-27-20-18-26(19-21-27)28-29-23-25(24-30-28)17-15-13-8-6-4-2/h16,18-24H,3-15,17H2,1-2H3. The molecular weight excluding hydrogens is 380 g/mol.